The second kappa shape index (κ2) is 9.45. The summed E-state index contributed by atoms with van der Waals surface area (Å²) in [5.74, 6) is 0. The molecular formula is C30H36N6O3. The summed E-state index contributed by atoms with van der Waals surface area (Å²) >= 11 is 0. The number of aromatic nitrogens is 2. The predicted octanol–water partition coefficient (Wildman–Crippen LogP) is 4.69. The number of likely N-dealkylation sites (tertiary alicyclic amines) is 1. The number of nitrogens with one attached hydrogen (secondary N) is 1. The zero-order valence-electron chi connectivity index (χ0n) is 23.2. The number of aromatic amines is 1. The number of aryl methyl sites for hydroxylation is 1. The number of H-pyrrole nitrogens is 1. The van der Waals surface area contributed by atoms with Crippen molar-refractivity contribution in [3.05, 3.63) is 41.6 Å². The Morgan fingerprint density at radius 3 is 2.62 bits per heavy atom. The molecule has 0 bridgehead atoms. The maximum atomic E-state index is 12.6. The Morgan fingerprint density at radius 1 is 1.13 bits per heavy atom. The lowest BCUT2D eigenvalue weighted by Crippen LogP contribution is -2.60. The molecule has 4 heterocycles. The van der Waals surface area contributed by atoms with Crippen LogP contribution in [0.25, 0.3) is 22.0 Å². The van der Waals surface area contributed by atoms with Crippen LogP contribution in [0, 0.1) is 23.7 Å². The topological polar surface area (TPSA) is 97.7 Å². The minimum atomic E-state index is -0.504. The Hall–Kier alpha value is -3.77. The van der Waals surface area contributed by atoms with Gasteiger partial charge in [-0.2, -0.15) is 10.4 Å². The Kier molecular flexibility index (Phi) is 6.18. The van der Waals surface area contributed by atoms with Crippen molar-refractivity contribution in [2.75, 3.05) is 62.3 Å². The summed E-state index contributed by atoms with van der Waals surface area (Å²) in [6, 6.07) is 11.0. The van der Waals surface area contributed by atoms with Crippen molar-refractivity contribution in [1.82, 2.24) is 15.1 Å². The average molecular weight is 529 g/mol. The van der Waals surface area contributed by atoms with Gasteiger partial charge in [-0.15, -0.1) is 0 Å². The highest BCUT2D eigenvalue weighted by Gasteiger charge is 2.50. The number of carbonyl (C=O) groups is 1. The van der Waals surface area contributed by atoms with Gasteiger partial charge < -0.3 is 24.2 Å². The van der Waals surface area contributed by atoms with Crippen LogP contribution >= 0.6 is 0 Å². The minimum absolute atomic E-state index is 0.0270. The summed E-state index contributed by atoms with van der Waals surface area (Å²) in [6.07, 6.45) is 2.58. The number of anilines is 2. The lowest BCUT2D eigenvalue weighted by Gasteiger charge is -2.47. The summed E-state index contributed by atoms with van der Waals surface area (Å²) in [5, 5.41) is 18.9. The van der Waals surface area contributed by atoms with E-state index in [1.807, 2.05) is 33.0 Å². The molecule has 1 N–H and O–H groups in total. The van der Waals surface area contributed by atoms with Gasteiger partial charge in [-0.25, -0.2) is 4.79 Å². The standard InChI is InChI=1S/C30H36N6O3/c1-20-5-6-25-24(16-32-33-25)27(20)22-13-21(34-9-11-38-12-10-34)14-26(23(22)15-31)35-8-7-30(17-35)18-36(19-30)28(37)39-29(2,3)4/h5-6,13-14,16H,7-12,17-19H2,1-4H3,(H,32,33). The van der Waals surface area contributed by atoms with Gasteiger partial charge in [0.25, 0.3) is 0 Å². The van der Waals surface area contributed by atoms with Crippen molar-refractivity contribution in [1.29, 1.82) is 5.26 Å². The second-order valence-electron chi connectivity index (χ2n) is 12.2. The first-order valence-electron chi connectivity index (χ1n) is 13.7. The van der Waals surface area contributed by atoms with Crippen molar-refractivity contribution < 1.29 is 14.3 Å². The molecular weight excluding hydrogens is 492 g/mol. The maximum Gasteiger partial charge on any atom is 0.410 e. The Balaban J connectivity index is 1.37. The normalized spacial score (nSPS) is 18.9. The van der Waals surface area contributed by atoms with Crippen LogP contribution in [-0.2, 0) is 9.47 Å². The first kappa shape index (κ1) is 25.5. The molecule has 9 nitrogen and oxygen atoms in total. The lowest BCUT2D eigenvalue weighted by atomic mass is 9.79. The molecule has 0 radical (unpaired) electrons. The van der Waals surface area contributed by atoms with Crippen molar-refractivity contribution in [2.45, 2.75) is 39.7 Å². The number of hydrogen-bond donors (Lipinski definition) is 1. The van der Waals surface area contributed by atoms with E-state index in [-0.39, 0.29) is 11.5 Å². The van der Waals surface area contributed by atoms with E-state index in [1.54, 1.807) is 4.90 Å². The van der Waals surface area contributed by atoms with Crippen LogP contribution in [0.3, 0.4) is 0 Å². The zero-order valence-corrected chi connectivity index (χ0v) is 23.2. The second-order valence-corrected chi connectivity index (χ2v) is 12.2. The molecule has 204 valence electrons. The first-order valence-corrected chi connectivity index (χ1v) is 13.7. The number of amides is 1. The van der Waals surface area contributed by atoms with Crippen molar-refractivity contribution >= 4 is 28.4 Å². The molecule has 39 heavy (non-hydrogen) atoms. The number of rotatable bonds is 3. The van der Waals surface area contributed by atoms with Crippen molar-refractivity contribution in [3.63, 3.8) is 0 Å². The number of morpholine rings is 1. The van der Waals surface area contributed by atoms with E-state index in [4.69, 9.17) is 9.47 Å². The third kappa shape index (κ3) is 4.67. The summed E-state index contributed by atoms with van der Waals surface area (Å²) < 4.78 is 11.2. The molecule has 0 unspecified atom stereocenters. The first-order chi connectivity index (χ1) is 18.7. The Labute approximate surface area is 229 Å². The molecule has 3 aliphatic rings. The highest BCUT2D eigenvalue weighted by atomic mass is 16.6. The number of nitriles is 1. The van der Waals surface area contributed by atoms with E-state index < -0.39 is 5.60 Å². The number of ether oxygens (including phenoxy) is 2. The number of hydrogen-bond acceptors (Lipinski definition) is 7. The van der Waals surface area contributed by atoms with Crippen LogP contribution in [0.1, 0.15) is 38.3 Å². The molecule has 3 aliphatic heterocycles. The van der Waals surface area contributed by atoms with E-state index in [0.717, 1.165) is 71.6 Å². The third-order valence-electron chi connectivity index (χ3n) is 8.18. The molecule has 1 aromatic heterocycles. The molecule has 2 aromatic carbocycles. The van der Waals surface area contributed by atoms with Gasteiger partial charge in [0.2, 0.25) is 0 Å². The van der Waals surface area contributed by atoms with Crippen LogP contribution in [-0.4, -0.2) is 79.3 Å². The van der Waals surface area contributed by atoms with E-state index in [2.05, 4.69) is 51.2 Å². The van der Waals surface area contributed by atoms with Gasteiger partial charge in [0.15, 0.2) is 0 Å². The van der Waals surface area contributed by atoms with Gasteiger partial charge in [0.1, 0.15) is 11.7 Å². The van der Waals surface area contributed by atoms with Gasteiger partial charge in [0, 0.05) is 61.3 Å². The maximum absolute atomic E-state index is 12.6. The van der Waals surface area contributed by atoms with Gasteiger partial charge in [-0.3, -0.25) is 5.10 Å². The fourth-order valence-corrected chi connectivity index (χ4v) is 6.28. The monoisotopic (exact) mass is 528 g/mol. The highest BCUT2D eigenvalue weighted by molar-refractivity contribution is 5.99. The summed E-state index contributed by atoms with van der Waals surface area (Å²) in [7, 11) is 0. The fourth-order valence-electron chi connectivity index (χ4n) is 6.28. The highest BCUT2D eigenvalue weighted by Crippen LogP contribution is 2.46. The summed E-state index contributed by atoms with van der Waals surface area (Å²) in [5.41, 5.74) is 6.31. The molecule has 0 aliphatic carbocycles. The van der Waals surface area contributed by atoms with E-state index in [0.29, 0.717) is 31.9 Å². The smallest absolute Gasteiger partial charge is 0.410 e. The van der Waals surface area contributed by atoms with E-state index in [1.165, 1.54) is 0 Å². The molecule has 3 saturated heterocycles. The van der Waals surface area contributed by atoms with Crippen LogP contribution in [0.4, 0.5) is 16.2 Å². The zero-order chi connectivity index (χ0) is 27.4. The SMILES string of the molecule is Cc1ccc2[nH]ncc2c1-c1cc(N2CCOCC2)cc(N2CCC3(CN(C(=O)OC(C)(C)C)C3)C2)c1C#N. The quantitative estimate of drug-likeness (QED) is 0.527. The van der Waals surface area contributed by atoms with E-state index in [9.17, 15) is 10.1 Å². The van der Waals surface area contributed by atoms with Gasteiger partial charge >= 0.3 is 6.09 Å². The number of benzene rings is 2. The molecule has 1 spiro atoms. The van der Waals surface area contributed by atoms with Crippen molar-refractivity contribution in [2.24, 2.45) is 5.41 Å². The third-order valence-corrected chi connectivity index (χ3v) is 8.18. The van der Waals surface area contributed by atoms with Gasteiger partial charge in [-0.1, -0.05) is 6.07 Å². The minimum Gasteiger partial charge on any atom is -0.444 e. The van der Waals surface area contributed by atoms with E-state index >= 15 is 0 Å². The predicted molar refractivity (Wildman–Crippen MR) is 151 cm³/mol. The Morgan fingerprint density at radius 2 is 1.90 bits per heavy atom. The van der Waals surface area contributed by atoms with Crippen LogP contribution in [0.2, 0.25) is 0 Å². The average Bonchev–Trinajstić information content (AvgIpc) is 3.54. The van der Waals surface area contributed by atoms with Crippen molar-refractivity contribution in [3.8, 4) is 17.2 Å². The van der Waals surface area contributed by atoms with Crippen LogP contribution in [0.15, 0.2) is 30.5 Å². The van der Waals surface area contributed by atoms with Gasteiger partial charge in [-0.05, 0) is 63.4 Å². The number of fused-ring (bicyclic) bond motifs is 1. The lowest BCUT2D eigenvalue weighted by molar-refractivity contribution is -0.0266. The molecule has 6 rings (SSSR count). The molecule has 3 aromatic rings. The number of carbonyl (C=O) groups excluding carboxylic acids is 1. The van der Waals surface area contributed by atoms with Crippen LogP contribution in [0.5, 0.6) is 0 Å². The Bertz CT molecular complexity index is 1450. The number of nitrogens with zero attached hydrogens (tertiary/aromatic N) is 5. The molecule has 3 fully saturated rings. The molecule has 0 saturated carbocycles. The van der Waals surface area contributed by atoms with Crippen LogP contribution < -0.4 is 9.80 Å². The summed E-state index contributed by atoms with van der Waals surface area (Å²) in [4.78, 5) is 19.1. The van der Waals surface area contributed by atoms with Gasteiger partial charge in [0.05, 0.1) is 36.2 Å². The molecule has 9 heteroatoms. The fraction of sp³-hybridized carbons (Fsp3) is 0.500. The molecule has 0 atom stereocenters. The largest absolute Gasteiger partial charge is 0.444 e. The summed E-state index contributed by atoms with van der Waals surface area (Å²) in [6.45, 7) is 13.8. The molecule has 1 amide bonds.